The number of fused-ring (bicyclic) bond motifs is 1. The SMILES string of the molecule is CC(C)C1CCCCC1n1c(N)nc2cc(Br)cnc21. The van der Waals surface area contributed by atoms with Gasteiger partial charge in [0.1, 0.15) is 5.52 Å². The Morgan fingerprint density at radius 1 is 1.35 bits per heavy atom. The molecule has 0 radical (unpaired) electrons. The number of aromatic nitrogens is 3. The molecule has 0 bridgehead atoms. The number of nitrogens with two attached hydrogens (primary N) is 1. The molecule has 2 unspecified atom stereocenters. The Labute approximate surface area is 127 Å². The van der Waals surface area contributed by atoms with Gasteiger partial charge in [0.15, 0.2) is 5.65 Å². The van der Waals surface area contributed by atoms with Crippen LogP contribution in [0.1, 0.15) is 45.6 Å². The van der Waals surface area contributed by atoms with Crippen molar-refractivity contribution < 1.29 is 0 Å². The van der Waals surface area contributed by atoms with Crippen LogP contribution in [-0.4, -0.2) is 14.5 Å². The maximum atomic E-state index is 6.19. The minimum absolute atomic E-state index is 0.433. The van der Waals surface area contributed by atoms with Crippen molar-refractivity contribution in [2.24, 2.45) is 11.8 Å². The second-order valence-electron chi connectivity index (χ2n) is 6.10. The van der Waals surface area contributed by atoms with Crippen molar-refractivity contribution in [2.75, 3.05) is 5.73 Å². The minimum Gasteiger partial charge on any atom is -0.369 e. The molecule has 2 heterocycles. The predicted molar refractivity (Wildman–Crippen MR) is 85.5 cm³/mol. The average Bonchev–Trinajstić information content (AvgIpc) is 2.73. The van der Waals surface area contributed by atoms with Gasteiger partial charge >= 0.3 is 0 Å². The van der Waals surface area contributed by atoms with Crippen molar-refractivity contribution in [3.63, 3.8) is 0 Å². The molecule has 1 saturated carbocycles. The summed E-state index contributed by atoms with van der Waals surface area (Å²) < 4.78 is 3.12. The molecule has 0 saturated heterocycles. The van der Waals surface area contributed by atoms with Crippen molar-refractivity contribution in [1.82, 2.24) is 14.5 Å². The highest BCUT2D eigenvalue weighted by Gasteiger charge is 2.31. The van der Waals surface area contributed by atoms with Gasteiger partial charge in [-0.05, 0) is 46.7 Å². The second-order valence-corrected chi connectivity index (χ2v) is 7.01. The maximum absolute atomic E-state index is 6.19. The number of halogens is 1. The van der Waals surface area contributed by atoms with Gasteiger partial charge in [0.05, 0.1) is 0 Å². The van der Waals surface area contributed by atoms with Crippen LogP contribution in [0.25, 0.3) is 11.2 Å². The van der Waals surface area contributed by atoms with Gasteiger partial charge in [-0.3, -0.25) is 4.57 Å². The van der Waals surface area contributed by atoms with E-state index in [0.29, 0.717) is 23.8 Å². The maximum Gasteiger partial charge on any atom is 0.202 e. The smallest absolute Gasteiger partial charge is 0.202 e. The summed E-state index contributed by atoms with van der Waals surface area (Å²) in [7, 11) is 0. The highest BCUT2D eigenvalue weighted by molar-refractivity contribution is 9.10. The van der Waals surface area contributed by atoms with E-state index in [0.717, 1.165) is 15.6 Å². The first-order valence-electron chi connectivity index (χ1n) is 7.37. The summed E-state index contributed by atoms with van der Waals surface area (Å²) in [6.07, 6.45) is 6.87. The number of pyridine rings is 1. The first-order valence-corrected chi connectivity index (χ1v) is 8.16. The molecule has 2 N–H and O–H groups in total. The summed E-state index contributed by atoms with van der Waals surface area (Å²) in [4.78, 5) is 9.04. The zero-order valence-corrected chi connectivity index (χ0v) is 13.6. The van der Waals surface area contributed by atoms with Crippen molar-refractivity contribution in [1.29, 1.82) is 0 Å². The second kappa shape index (κ2) is 5.35. The first kappa shape index (κ1) is 13.9. The summed E-state index contributed by atoms with van der Waals surface area (Å²) >= 11 is 3.44. The molecule has 0 aliphatic heterocycles. The van der Waals surface area contributed by atoms with Crippen LogP contribution in [0.3, 0.4) is 0 Å². The quantitative estimate of drug-likeness (QED) is 0.895. The van der Waals surface area contributed by atoms with E-state index in [1.54, 1.807) is 0 Å². The molecule has 4 nitrogen and oxygen atoms in total. The van der Waals surface area contributed by atoms with Gasteiger partial charge in [-0.15, -0.1) is 0 Å². The molecular formula is C15H21BrN4. The fraction of sp³-hybridized carbons (Fsp3) is 0.600. The highest BCUT2D eigenvalue weighted by Crippen LogP contribution is 2.41. The predicted octanol–water partition coefficient (Wildman–Crippen LogP) is 4.16. The highest BCUT2D eigenvalue weighted by atomic mass is 79.9. The van der Waals surface area contributed by atoms with E-state index in [1.165, 1.54) is 25.7 Å². The van der Waals surface area contributed by atoms with Crippen LogP contribution in [0.5, 0.6) is 0 Å². The van der Waals surface area contributed by atoms with E-state index >= 15 is 0 Å². The minimum atomic E-state index is 0.433. The topological polar surface area (TPSA) is 56.7 Å². The van der Waals surface area contributed by atoms with Crippen LogP contribution in [0.15, 0.2) is 16.7 Å². The van der Waals surface area contributed by atoms with Crippen LogP contribution in [-0.2, 0) is 0 Å². The fourth-order valence-corrected chi connectivity index (χ4v) is 3.86. The Kier molecular flexibility index (Phi) is 3.71. The summed E-state index contributed by atoms with van der Waals surface area (Å²) in [5.41, 5.74) is 7.99. The number of nitrogen functional groups attached to an aromatic ring is 1. The number of rotatable bonds is 2. The van der Waals surface area contributed by atoms with Gasteiger partial charge in [0.25, 0.3) is 0 Å². The Balaban J connectivity index is 2.10. The molecule has 0 amide bonds. The van der Waals surface area contributed by atoms with Gasteiger partial charge in [-0.25, -0.2) is 9.97 Å². The number of nitrogens with zero attached hydrogens (tertiary/aromatic N) is 3. The molecule has 108 valence electrons. The molecule has 2 atom stereocenters. The van der Waals surface area contributed by atoms with E-state index < -0.39 is 0 Å². The molecule has 5 heteroatoms. The molecule has 20 heavy (non-hydrogen) atoms. The van der Waals surface area contributed by atoms with Crippen molar-refractivity contribution in [2.45, 2.75) is 45.6 Å². The Hall–Kier alpha value is -1.10. The largest absolute Gasteiger partial charge is 0.369 e. The third kappa shape index (κ3) is 2.32. The Morgan fingerprint density at radius 3 is 2.85 bits per heavy atom. The number of imidazole rings is 1. The first-order chi connectivity index (χ1) is 9.58. The molecule has 1 fully saturated rings. The van der Waals surface area contributed by atoms with Crippen LogP contribution >= 0.6 is 15.9 Å². The number of hydrogen-bond acceptors (Lipinski definition) is 3. The average molecular weight is 337 g/mol. The van der Waals surface area contributed by atoms with Gasteiger partial charge in [0, 0.05) is 16.7 Å². The van der Waals surface area contributed by atoms with Crippen LogP contribution in [0.4, 0.5) is 5.95 Å². The zero-order valence-electron chi connectivity index (χ0n) is 12.0. The van der Waals surface area contributed by atoms with E-state index in [4.69, 9.17) is 5.73 Å². The van der Waals surface area contributed by atoms with Gasteiger partial charge in [-0.1, -0.05) is 26.7 Å². The lowest BCUT2D eigenvalue weighted by atomic mass is 9.77. The Bertz CT molecular complexity index is 620. The van der Waals surface area contributed by atoms with Gasteiger partial charge in [-0.2, -0.15) is 0 Å². The fourth-order valence-electron chi connectivity index (χ4n) is 3.54. The Morgan fingerprint density at radius 2 is 2.10 bits per heavy atom. The molecule has 0 spiro atoms. The van der Waals surface area contributed by atoms with Crippen LogP contribution in [0.2, 0.25) is 0 Å². The molecule has 1 aliphatic carbocycles. The lowest BCUT2D eigenvalue weighted by Gasteiger charge is -2.35. The van der Waals surface area contributed by atoms with E-state index in [2.05, 4.69) is 44.3 Å². The van der Waals surface area contributed by atoms with E-state index in [9.17, 15) is 0 Å². The van der Waals surface area contributed by atoms with Gasteiger partial charge in [0.2, 0.25) is 5.95 Å². The van der Waals surface area contributed by atoms with Crippen molar-refractivity contribution >= 4 is 33.0 Å². The van der Waals surface area contributed by atoms with E-state index in [1.807, 2.05) is 12.3 Å². The lowest BCUT2D eigenvalue weighted by Crippen LogP contribution is -2.28. The normalized spacial score (nSPS) is 23.6. The third-order valence-corrected chi connectivity index (χ3v) is 4.93. The van der Waals surface area contributed by atoms with Crippen LogP contribution in [0, 0.1) is 11.8 Å². The van der Waals surface area contributed by atoms with Crippen molar-refractivity contribution in [3.05, 3.63) is 16.7 Å². The summed E-state index contributed by atoms with van der Waals surface area (Å²) in [6, 6.07) is 2.42. The van der Waals surface area contributed by atoms with Crippen LogP contribution < -0.4 is 5.73 Å². The lowest BCUT2D eigenvalue weighted by molar-refractivity contribution is 0.189. The molecule has 0 aromatic carbocycles. The summed E-state index contributed by atoms with van der Waals surface area (Å²) in [5.74, 6) is 1.92. The molecule has 2 aromatic rings. The standard InChI is InChI=1S/C15H21BrN4/c1-9(2)11-5-3-4-6-13(11)20-14-12(19-15(20)17)7-10(16)8-18-14/h7-9,11,13H,3-6H2,1-2H3,(H2,17,19). The van der Waals surface area contributed by atoms with Gasteiger partial charge < -0.3 is 5.73 Å². The zero-order chi connectivity index (χ0) is 14.3. The third-order valence-electron chi connectivity index (χ3n) is 4.49. The van der Waals surface area contributed by atoms with E-state index in [-0.39, 0.29) is 0 Å². The number of anilines is 1. The van der Waals surface area contributed by atoms with Crippen molar-refractivity contribution in [3.8, 4) is 0 Å². The monoisotopic (exact) mass is 336 g/mol. The summed E-state index contributed by atoms with van der Waals surface area (Å²) in [6.45, 7) is 4.62. The molecular weight excluding hydrogens is 316 g/mol. The summed E-state index contributed by atoms with van der Waals surface area (Å²) in [5, 5.41) is 0. The molecule has 2 aromatic heterocycles. The molecule has 1 aliphatic rings. The number of hydrogen-bond donors (Lipinski definition) is 1. The molecule has 3 rings (SSSR count).